The predicted octanol–water partition coefficient (Wildman–Crippen LogP) is 5.88. The van der Waals surface area contributed by atoms with E-state index in [4.69, 9.17) is 23.2 Å². The number of aryl methyl sites for hydroxylation is 1. The highest BCUT2D eigenvalue weighted by Crippen LogP contribution is 2.21. The van der Waals surface area contributed by atoms with Gasteiger partial charge >= 0.3 is 0 Å². The van der Waals surface area contributed by atoms with E-state index in [1.165, 1.54) is 17.2 Å². The van der Waals surface area contributed by atoms with E-state index in [9.17, 15) is 4.79 Å². The molecular formula is C21H23Cl2NO. The van der Waals surface area contributed by atoms with Crippen molar-refractivity contribution < 1.29 is 4.79 Å². The van der Waals surface area contributed by atoms with Crippen LogP contribution in [0, 0.1) is 0 Å². The number of halogens is 2. The second-order valence-electron chi connectivity index (χ2n) is 6.29. The van der Waals surface area contributed by atoms with Crippen LogP contribution in [0.4, 0.5) is 0 Å². The molecule has 1 amide bonds. The third-order valence-corrected chi connectivity index (χ3v) is 4.53. The second kappa shape index (κ2) is 9.65. The van der Waals surface area contributed by atoms with Gasteiger partial charge in [0, 0.05) is 22.7 Å². The molecule has 0 spiro atoms. The van der Waals surface area contributed by atoms with Crippen LogP contribution >= 0.6 is 23.2 Å². The Balaban J connectivity index is 1.74. The number of amides is 1. The summed E-state index contributed by atoms with van der Waals surface area (Å²) in [5.74, 6) is 0.426. The molecule has 0 bridgehead atoms. The Morgan fingerprint density at radius 2 is 1.84 bits per heavy atom. The standard InChI is InChI=1S/C21H23Cl2NO/c1-15(2)17-7-5-16(6-8-17)4-3-13-24-21(25)12-10-18-9-11-19(22)14-20(18)23/h5-12,14-15H,3-4,13H2,1-2H3,(H,24,25)/b12-10+. The minimum Gasteiger partial charge on any atom is -0.353 e. The Labute approximate surface area is 159 Å². The lowest BCUT2D eigenvalue weighted by Crippen LogP contribution is -2.22. The molecule has 2 aromatic rings. The lowest BCUT2D eigenvalue weighted by molar-refractivity contribution is -0.116. The number of carbonyl (C=O) groups is 1. The van der Waals surface area contributed by atoms with E-state index in [2.05, 4.69) is 43.4 Å². The van der Waals surface area contributed by atoms with Gasteiger partial charge in [0.2, 0.25) is 5.91 Å². The zero-order valence-electron chi connectivity index (χ0n) is 14.6. The second-order valence-corrected chi connectivity index (χ2v) is 7.13. The topological polar surface area (TPSA) is 29.1 Å². The van der Waals surface area contributed by atoms with Gasteiger partial charge in [0.25, 0.3) is 0 Å². The van der Waals surface area contributed by atoms with Gasteiger partial charge in [0.1, 0.15) is 0 Å². The Kier molecular flexibility index (Phi) is 7.54. The van der Waals surface area contributed by atoms with Crippen LogP contribution < -0.4 is 5.32 Å². The summed E-state index contributed by atoms with van der Waals surface area (Å²) in [5.41, 5.74) is 3.41. The zero-order valence-corrected chi connectivity index (χ0v) is 16.1. The predicted molar refractivity (Wildman–Crippen MR) is 107 cm³/mol. The summed E-state index contributed by atoms with van der Waals surface area (Å²) in [6, 6.07) is 13.9. The van der Waals surface area contributed by atoms with Crippen molar-refractivity contribution >= 4 is 35.2 Å². The van der Waals surface area contributed by atoms with Gasteiger partial charge in [-0.25, -0.2) is 0 Å². The molecule has 1 N–H and O–H groups in total. The molecule has 132 valence electrons. The summed E-state index contributed by atoms with van der Waals surface area (Å²) in [6.45, 7) is 5.02. The third kappa shape index (κ3) is 6.56. The molecule has 0 aliphatic rings. The van der Waals surface area contributed by atoms with E-state index >= 15 is 0 Å². The van der Waals surface area contributed by atoms with Gasteiger partial charge in [0.15, 0.2) is 0 Å². The molecular weight excluding hydrogens is 353 g/mol. The number of benzene rings is 2. The Bertz CT molecular complexity index is 736. The zero-order chi connectivity index (χ0) is 18.2. The van der Waals surface area contributed by atoms with Crippen molar-refractivity contribution in [1.29, 1.82) is 0 Å². The molecule has 0 unspecified atom stereocenters. The molecule has 4 heteroatoms. The largest absolute Gasteiger partial charge is 0.353 e. The molecule has 0 aromatic heterocycles. The Hall–Kier alpha value is -1.77. The minimum absolute atomic E-state index is 0.124. The van der Waals surface area contributed by atoms with E-state index < -0.39 is 0 Å². The minimum atomic E-state index is -0.124. The van der Waals surface area contributed by atoms with Gasteiger partial charge in [-0.2, -0.15) is 0 Å². The molecule has 0 saturated heterocycles. The molecule has 0 aliphatic carbocycles. The highest BCUT2D eigenvalue weighted by Gasteiger charge is 2.01. The van der Waals surface area contributed by atoms with Crippen LogP contribution in [0.25, 0.3) is 6.08 Å². The first-order valence-electron chi connectivity index (χ1n) is 8.45. The molecule has 0 radical (unpaired) electrons. The fourth-order valence-electron chi connectivity index (χ4n) is 2.43. The van der Waals surface area contributed by atoms with E-state index in [0.717, 1.165) is 18.4 Å². The maximum atomic E-state index is 11.9. The number of rotatable bonds is 7. The molecule has 0 saturated carbocycles. The van der Waals surface area contributed by atoms with Gasteiger partial charge in [-0.05, 0) is 53.7 Å². The van der Waals surface area contributed by atoms with Crippen LogP contribution in [0.1, 0.15) is 42.9 Å². The van der Waals surface area contributed by atoms with Crippen molar-refractivity contribution in [2.45, 2.75) is 32.6 Å². The molecule has 0 aliphatic heterocycles. The van der Waals surface area contributed by atoms with E-state index in [1.807, 2.05) is 0 Å². The monoisotopic (exact) mass is 375 g/mol. The van der Waals surface area contributed by atoms with Crippen molar-refractivity contribution in [3.8, 4) is 0 Å². The lowest BCUT2D eigenvalue weighted by Gasteiger charge is -2.07. The summed E-state index contributed by atoms with van der Waals surface area (Å²) in [4.78, 5) is 11.9. The van der Waals surface area contributed by atoms with Crippen LogP contribution in [-0.2, 0) is 11.2 Å². The van der Waals surface area contributed by atoms with Crippen molar-refractivity contribution in [3.63, 3.8) is 0 Å². The molecule has 2 aromatic carbocycles. The van der Waals surface area contributed by atoms with Crippen LogP contribution in [0.2, 0.25) is 10.0 Å². The molecule has 2 rings (SSSR count). The molecule has 0 fully saturated rings. The first-order valence-corrected chi connectivity index (χ1v) is 9.21. The van der Waals surface area contributed by atoms with Crippen molar-refractivity contribution in [2.75, 3.05) is 6.54 Å². The normalized spacial score (nSPS) is 11.2. The first kappa shape index (κ1) is 19.6. The van der Waals surface area contributed by atoms with Gasteiger partial charge < -0.3 is 5.32 Å². The summed E-state index contributed by atoms with van der Waals surface area (Å²) in [7, 11) is 0. The molecule has 25 heavy (non-hydrogen) atoms. The third-order valence-electron chi connectivity index (χ3n) is 3.96. The summed E-state index contributed by atoms with van der Waals surface area (Å²) in [6.07, 6.45) is 5.04. The van der Waals surface area contributed by atoms with E-state index in [0.29, 0.717) is 22.5 Å². The van der Waals surface area contributed by atoms with Gasteiger partial charge in [0.05, 0.1) is 0 Å². The average Bonchev–Trinajstić information content (AvgIpc) is 2.58. The fourth-order valence-corrected chi connectivity index (χ4v) is 2.91. The quantitative estimate of drug-likeness (QED) is 0.475. The van der Waals surface area contributed by atoms with Gasteiger partial charge in [-0.15, -0.1) is 0 Å². The number of hydrogen-bond donors (Lipinski definition) is 1. The van der Waals surface area contributed by atoms with E-state index in [-0.39, 0.29) is 5.91 Å². The van der Waals surface area contributed by atoms with Crippen molar-refractivity contribution in [3.05, 3.63) is 75.3 Å². The molecule has 0 heterocycles. The van der Waals surface area contributed by atoms with Crippen molar-refractivity contribution in [1.82, 2.24) is 5.32 Å². The number of carbonyl (C=O) groups excluding carboxylic acids is 1. The maximum absolute atomic E-state index is 11.9. The highest BCUT2D eigenvalue weighted by atomic mass is 35.5. The maximum Gasteiger partial charge on any atom is 0.244 e. The molecule has 2 nitrogen and oxygen atoms in total. The van der Waals surface area contributed by atoms with Crippen LogP contribution in [-0.4, -0.2) is 12.5 Å². The van der Waals surface area contributed by atoms with Gasteiger partial charge in [-0.1, -0.05) is 67.4 Å². The SMILES string of the molecule is CC(C)c1ccc(CCCNC(=O)/C=C/c2ccc(Cl)cc2Cl)cc1. The average molecular weight is 376 g/mol. The fraction of sp³-hybridized carbons (Fsp3) is 0.286. The van der Waals surface area contributed by atoms with Crippen LogP contribution in [0.3, 0.4) is 0 Å². The van der Waals surface area contributed by atoms with Crippen molar-refractivity contribution in [2.24, 2.45) is 0 Å². The summed E-state index contributed by atoms with van der Waals surface area (Å²) in [5, 5.41) is 3.99. The summed E-state index contributed by atoms with van der Waals surface area (Å²) >= 11 is 11.9. The first-order chi connectivity index (χ1) is 12.0. The Morgan fingerprint density at radius 1 is 1.12 bits per heavy atom. The van der Waals surface area contributed by atoms with Crippen LogP contribution in [0.15, 0.2) is 48.5 Å². The van der Waals surface area contributed by atoms with Gasteiger partial charge in [-0.3, -0.25) is 4.79 Å². The molecule has 0 atom stereocenters. The highest BCUT2D eigenvalue weighted by molar-refractivity contribution is 6.35. The number of nitrogens with one attached hydrogen (secondary N) is 1. The van der Waals surface area contributed by atoms with Crippen LogP contribution in [0.5, 0.6) is 0 Å². The summed E-state index contributed by atoms with van der Waals surface area (Å²) < 4.78 is 0. The lowest BCUT2D eigenvalue weighted by atomic mass is 10.0. The van der Waals surface area contributed by atoms with E-state index in [1.54, 1.807) is 24.3 Å². The Morgan fingerprint density at radius 3 is 2.48 bits per heavy atom. The smallest absolute Gasteiger partial charge is 0.244 e. The number of hydrogen-bond acceptors (Lipinski definition) is 1.